The van der Waals surface area contributed by atoms with Crippen LogP contribution >= 0.6 is 11.6 Å². The minimum absolute atomic E-state index is 0.0249. The molecule has 0 radical (unpaired) electrons. The van der Waals surface area contributed by atoms with Gasteiger partial charge in [-0.05, 0) is 17.7 Å². The highest BCUT2D eigenvalue weighted by atomic mass is 35.5. The van der Waals surface area contributed by atoms with E-state index in [4.69, 9.17) is 17.3 Å². The summed E-state index contributed by atoms with van der Waals surface area (Å²) in [6.07, 6.45) is 0.544. The molecule has 0 aliphatic rings. The summed E-state index contributed by atoms with van der Waals surface area (Å²) in [7, 11) is 0. The lowest BCUT2D eigenvalue weighted by molar-refractivity contribution is -0.109. The Balaban J connectivity index is 3.04. The van der Waals surface area contributed by atoms with Crippen molar-refractivity contribution in [3.05, 3.63) is 34.6 Å². The van der Waals surface area contributed by atoms with Crippen molar-refractivity contribution in [3.8, 4) is 0 Å². The normalized spacial score (nSPS) is 12.6. The van der Waals surface area contributed by atoms with E-state index in [1.807, 2.05) is 0 Å². The standard InChI is InChI=1S/C8H7ClFNO/c9-6-2-1-5(3-7(6)10)8(11)4-12/h1-4,8H,11H2/t8-/m1/s1. The zero-order valence-electron chi connectivity index (χ0n) is 6.13. The van der Waals surface area contributed by atoms with Crippen LogP contribution in [0.15, 0.2) is 18.2 Å². The molecular formula is C8H7ClFNO. The summed E-state index contributed by atoms with van der Waals surface area (Å²) in [6.45, 7) is 0. The molecule has 1 aromatic carbocycles. The van der Waals surface area contributed by atoms with Crippen molar-refractivity contribution in [1.82, 2.24) is 0 Å². The van der Waals surface area contributed by atoms with Gasteiger partial charge >= 0.3 is 0 Å². The molecule has 0 aliphatic carbocycles. The molecule has 2 nitrogen and oxygen atoms in total. The van der Waals surface area contributed by atoms with Gasteiger partial charge in [-0.15, -0.1) is 0 Å². The zero-order valence-corrected chi connectivity index (χ0v) is 6.88. The molecule has 1 atom stereocenters. The first kappa shape index (κ1) is 9.16. The molecule has 0 spiro atoms. The number of carbonyl (C=O) groups excluding carboxylic acids is 1. The smallest absolute Gasteiger partial charge is 0.142 e. The van der Waals surface area contributed by atoms with Gasteiger partial charge in [-0.3, -0.25) is 0 Å². The number of carbonyl (C=O) groups is 1. The molecule has 0 fully saturated rings. The first-order valence-electron chi connectivity index (χ1n) is 3.31. The monoisotopic (exact) mass is 187 g/mol. The van der Waals surface area contributed by atoms with Gasteiger partial charge in [-0.2, -0.15) is 0 Å². The van der Waals surface area contributed by atoms with Crippen molar-refractivity contribution in [3.63, 3.8) is 0 Å². The SMILES string of the molecule is N[C@H](C=O)c1ccc(Cl)c(F)c1. The molecule has 2 N–H and O–H groups in total. The molecule has 4 heteroatoms. The van der Waals surface area contributed by atoms with E-state index in [1.54, 1.807) is 0 Å². The minimum Gasteiger partial charge on any atom is -0.318 e. The van der Waals surface area contributed by atoms with Crippen LogP contribution in [0.1, 0.15) is 11.6 Å². The van der Waals surface area contributed by atoms with Gasteiger partial charge in [-0.25, -0.2) is 4.39 Å². The van der Waals surface area contributed by atoms with Gasteiger partial charge in [0.1, 0.15) is 12.1 Å². The van der Waals surface area contributed by atoms with Crippen LogP contribution in [0.3, 0.4) is 0 Å². The Morgan fingerprint density at radius 2 is 2.25 bits per heavy atom. The fourth-order valence-electron chi connectivity index (χ4n) is 0.798. The second kappa shape index (κ2) is 3.65. The van der Waals surface area contributed by atoms with E-state index >= 15 is 0 Å². The highest BCUT2D eigenvalue weighted by Crippen LogP contribution is 2.17. The van der Waals surface area contributed by atoms with E-state index < -0.39 is 11.9 Å². The number of halogens is 2. The van der Waals surface area contributed by atoms with E-state index in [2.05, 4.69) is 0 Å². The highest BCUT2D eigenvalue weighted by molar-refractivity contribution is 6.30. The minimum atomic E-state index is -0.781. The Morgan fingerprint density at radius 1 is 1.58 bits per heavy atom. The maximum atomic E-state index is 12.8. The van der Waals surface area contributed by atoms with Gasteiger partial charge in [0.2, 0.25) is 0 Å². The molecule has 1 rings (SSSR count). The van der Waals surface area contributed by atoms with Crippen LogP contribution in [-0.2, 0) is 4.79 Å². The predicted molar refractivity (Wildman–Crippen MR) is 44.4 cm³/mol. The van der Waals surface area contributed by atoms with Gasteiger partial charge in [0.25, 0.3) is 0 Å². The van der Waals surface area contributed by atoms with E-state index in [0.29, 0.717) is 11.8 Å². The summed E-state index contributed by atoms with van der Waals surface area (Å²) in [4.78, 5) is 10.2. The third kappa shape index (κ3) is 1.81. The van der Waals surface area contributed by atoms with Gasteiger partial charge in [-0.1, -0.05) is 17.7 Å². The average Bonchev–Trinajstić information content (AvgIpc) is 2.08. The van der Waals surface area contributed by atoms with Crippen molar-refractivity contribution < 1.29 is 9.18 Å². The Bertz CT molecular complexity index is 303. The Morgan fingerprint density at radius 3 is 2.75 bits per heavy atom. The van der Waals surface area contributed by atoms with Crippen LogP contribution in [-0.4, -0.2) is 6.29 Å². The number of hydrogen-bond acceptors (Lipinski definition) is 2. The second-order valence-electron chi connectivity index (χ2n) is 2.34. The summed E-state index contributed by atoms with van der Waals surface area (Å²) in [5.41, 5.74) is 5.76. The van der Waals surface area contributed by atoms with Gasteiger partial charge in [0.15, 0.2) is 0 Å². The van der Waals surface area contributed by atoms with Crippen LogP contribution in [0, 0.1) is 5.82 Å². The molecule has 0 unspecified atom stereocenters. The number of rotatable bonds is 2. The highest BCUT2D eigenvalue weighted by Gasteiger charge is 2.06. The Kier molecular flexibility index (Phi) is 2.78. The summed E-state index contributed by atoms with van der Waals surface area (Å²) >= 11 is 5.42. The van der Waals surface area contributed by atoms with Crippen LogP contribution in [0.4, 0.5) is 4.39 Å². The Labute approximate surface area is 74.1 Å². The largest absolute Gasteiger partial charge is 0.318 e. The van der Waals surface area contributed by atoms with Gasteiger partial charge in [0, 0.05) is 0 Å². The summed E-state index contributed by atoms with van der Waals surface area (Å²) in [5.74, 6) is -0.563. The lowest BCUT2D eigenvalue weighted by Crippen LogP contribution is -2.11. The molecular weight excluding hydrogens is 181 g/mol. The van der Waals surface area contributed by atoms with Crippen LogP contribution < -0.4 is 5.73 Å². The number of hydrogen-bond donors (Lipinski definition) is 1. The van der Waals surface area contributed by atoms with E-state index in [-0.39, 0.29) is 5.02 Å². The van der Waals surface area contributed by atoms with Gasteiger partial charge < -0.3 is 10.5 Å². The molecule has 0 aromatic heterocycles. The molecule has 0 bridgehead atoms. The van der Waals surface area contributed by atoms with E-state index in [9.17, 15) is 9.18 Å². The topological polar surface area (TPSA) is 43.1 Å². The second-order valence-corrected chi connectivity index (χ2v) is 2.74. The van der Waals surface area contributed by atoms with E-state index in [1.165, 1.54) is 12.1 Å². The fraction of sp³-hybridized carbons (Fsp3) is 0.125. The van der Waals surface area contributed by atoms with Gasteiger partial charge in [0.05, 0.1) is 11.1 Å². The summed E-state index contributed by atoms with van der Waals surface area (Å²) in [6, 6.07) is 3.26. The quantitative estimate of drug-likeness (QED) is 0.716. The lowest BCUT2D eigenvalue weighted by atomic mass is 10.1. The van der Waals surface area contributed by atoms with Crippen molar-refractivity contribution in [2.45, 2.75) is 6.04 Å². The molecule has 0 aliphatic heterocycles. The Hall–Kier alpha value is -0.930. The predicted octanol–water partition coefficient (Wildman–Crippen LogP) is 1.68. The van der Waals surface area contributed by atoms with Crippen molar-refractivity contribution >= 4 is 17.9 Å². The third-order valence-corrected chi connectivity index (χ3v) is 1.78. The maximum absolute atomic E-state index is 12.8. The number of nitrogens with two attached hydrogens (primary N) is 1. The summed E-state index contributed by atoms with van der Waals surface area (Å²) < 4.78 is 12.8. The molecule has 1 aromatic rings. The molecule has 0 heterocycles. The van der Waals surface area contributed by atoms with Crippen molar-refractivity contribution in [2.75, 3.05) is 0 Å². The first-order valence-corrected chi connectivity index (χ1v) is 3.69. The molecule has 12 heavy (non-hydrogen) atoms. The van der Waals surface area contributed by atoms with E-state index in [0.717, 1.165) is 6.07 Å². The first-order chi connectivity index (χ1) is 5.65. The summed E-state index contributed by atoms with van der Waals surface area (Å²) in [5, 5.41) is 0.0249. The average molecular weight is 188 g/mol. The zero-order chi connectivity index (χ0) is 9.14. The number of benzene rings is 1. The van der Waals surface area contributed by atoms with Crippen LogP contribution in [0.2, 0.25) is 5.02 Å². The lowest BCUT2D eigenvalue weighted by Gasteiger charge is -2.03. The van der Waals surface area contributed by atoms with Crippen molar-refractivity contribution in [2.24, 2.45) is 5.73 Å². The molecule has 0 saturated heterocycles. The molecule has 0 saturated carbocycles. The third-order valence-electron chi connectivity index (χ3n) is 1.48. The number of aldehydes is 1. The molecule has 64 valence electrons. The van der Waals surface area contributed by atoms with Crippen LogP contribution in [0.25, 0.3) is 0 Å². The van der Waals surface area contributed by atoms with Crippen molar-refractivity contribution in [1.29, 1.82) is 0 Å². The van der Waals surface area contributed by atoms with Crippen LogP contribution in [0.5, 0.6) is 0 Å². The molecule has 0 amide bonds. The maximum Gasteiger partial charge on any atom is 0.142 e. The fourth-order valence-corrected chi connectivity index (χ4v) is 0.916.